The summed E-state index contributed by atoms with van der Waals surface area (Å²) in [4.78, 5) is 57.9. The Balaban J connectivity index is 1.87. The predicted octanol–water partition coefficient (Wildman–Crippen LogP) is -0.0992. The third-order valence-corrected chi connectivity index (χ3v) is 8.55. The lowest BCUT2D eigenvalue weighted by Gasteiger charge is -2.21. The molecular weight excluding hydrogens is 593 g/mol. The highest BCUT2D eigenvalue weighted by Crippen LogP contribution is 2.66. The fourth-order valence-corrected chi connectivity index (χ4v) is 6.49. The number of nitrogens with two attached hydrogens (primary N) is 2. The van der Waals surface area contributed by atoms with E-state index < -0.39 is 60.8 Å². The van der Waals surface area contributed by atoms with E-state index in [9.17, 15) is 28.3 Å². The highest BCUT2D eigenvalue weighted by atomic mass is 31.3. The number of anilines is 1. The third-order valence-electron chi connectivity index (χ3n) is 4.74. The highest BCUT2D eigenvalue weighted by Gasteiger charge is 2.43. The van der Waals surface area contributed by atoms with Crippen molar-refractivity contribution in [3.8, 4) is 11.8 Å². The molecule has 0 amide bonds. The summed E-state index contributed by atoms with van der Waals surface area (Å²) in [5.41, 5.74) is 19.3. The Kier molecular flexibility index (Phi) is 9.73. The van der Waals surface area contributed by atoms with Crippen LogP contribution in [0.15, 0.2) is 16.1 Å². The van der Waals surface area contributed by atoms with E-state index in [1.807, 2.05) is 0 Å². The zero-order valence-electron chi connectivity index (χ0n) is 19.3. The van der Waals surface area contributed by atoms with Crippen molar-refractivity contribution < 1.29 is 55.9 Å². The molecule has 0 aromatic carbocycles. The van der Waals surface area contributed by atoms with Gasteiger partial charge in [-0.2, -0.15) is 13.6 Å². The number of hydrogen-bond acceptors (Lipinski definition) is 13. The van der Waals surface area contributed by atoms with Gasteiger partial charge in [-0.3, -0.25) is 14.3 Å². The van der Waals surface area contributed by atoms with Crippen molar-refractivity contribution in [3.05, 3.63) is 32.6 Å². The molecule has 3 heterocycles. The van der Waals surface area contributed by atoms with Gasteiger partial charge in [-0.05, 0) is 5.53 Å². The summed E-state index contributed by atoms with van der Waals surface area (Å²) in [6.07, 6.45) is -1.82. The first-order valence-electron chi connectivity index (χ1n) is 10.3. The lowest BCUT2D eigenvalue weighted by molar-refractivity contribution is -0.0581. The summed E-state index contributed by atoms with van der Waals surface area (Å²) in [7, 11) is -16.8. The number of nitrogens with one attached hydrogen (secondary N) is 1. The number of rotatable bonds is 11. The molecule has 3 unspecified atom stereocenters. The first-order chi connectivity index (χ1) is 18.1. The van der Waals surface area contributed by atoms with Crippen molar-refractivity contribution in [2.75, 3.05) is 25.6 Å². The number of aromatic nitrogens is 3. The van der Waals surface area contributed by atoms with E-state index in [1.54, 1.807) is 0 Å². The molecule has 1 saturated heterocycles. The quantitative estimate of drug-likeness (QED) is 0.0571. The molecule has 0 radical (unpaired) electrons. The highest BCUT2D eigenvalue weighted by molar-refractivity contribution is 7.66. The molecule has 0 spiro atoms. The van der Waals surface area contributed by atoms with E-state index in [4.69, 9.17) is 36.3 Å². The zero-order chi connectivity index (χ0) is 29.0. The number of nitrogens with zero attached hydrogens (tertiary/aromatic N) is 5. The summed E-state index contributed by atoms with van der Waals surface area (Å²) in [5, 5.41) is 3.30. The summed E-state index contributed by atoms with van der Waals surface area (Å²) in [6, 6.07) is 0. The first-order valence-corrected chi connectivity index (χ1v) is 14.8. The van der Waals surface area contributed by atoms with Gasteiger partial charge < -0.3 is 45.1 Å². The van der Waals surface area contributed by atoms with Crippen LogP contribution in [0, 0.1) is 11.8 Å². The number of phosphoric ester groups is 1. The van der Waals surface area contributed by atoms with Crippen LogP contribution >= 0.6 is 23.5 Å². The maximum absolute atomic E-state index is 12.5. The molecule has 5 atom stereocenters. The molecule has 0 bridgehead atoms. The smallest absolute Gasteiger partial charge is 0.369 e. The number of H-pyrrole nitrogens is 1. The van der Waals surface area contributed by atoms with E-state index in [0.29, 0.717) is 0 Å². The number of hydrogen-bond donors (Lipinski definition) is 7. The minimum atomic E-state index is -5.74. The van der Waals surface area contributed by atoms with Crippen LogP contribution in [0.2, 0.25) is 0 Å². The van der Waals surface area contributed by atoms with Crippen LogP contribution in [-0.4, -0.2) is 66.2 Å². The monoisotopic (exact) mass is 614 g/mol. The van der Waals surface area contributed by atoms with Crippen molar-refractivity contribution in [1.82, 2.24) is 14.5 Å². The van der Waals surface area contributed by atoms with Gasteiger partial charge in [0.1, 0.15) is 19.1 Å². The van der Waals surface area contributed by atoms with Gasteiger partial charge in [0.2, 0.25) is 5.95 Å². The van der Waals surface area contributed by atoms with Crippen LogP contribution in [-0.2, 0) is 36.3 Å². The summed E-state index contributed by atoms with van der Waals surface area (Å²) in [6.45, 7) is -1.35. The molecule has 1 aliphatic rings. The second kappa shape index (κ2) is 12.3. The topological polar surface area (TPSA) is 330 Å². The molecule has 214 valence electrons. The van der Waals surface area contributed by atoms with Gasteiger partial charge in [0.25, 0.3) is 5.56 Å². The standard InChI is InChI=1S/C15H21N8O13P3/c16-3-1-2-8-5-23(13-12(8)14(24)21-15(17)20-13)11-4-9(32-7-19-22-18)10(34-11)6-33-38(28,29)36-39(30,31)35-37(25,26)27/h5,9-11H,3-4,6-7,16H2,(H,28,29)(H,30,31)(H2,25,26,27)(H3,17,20,21,24)/t9?,10-,11-/m1/s1. The summed E-state index contributed by atoms with van der Waals surface area (Å²) < 4.78 is 59.1. The molecule has 3 rings (SSSR count). The van der Waals surface area contributed by atoms with Crippen LogP contribution in [0.25, 0.3) is 21.5 Å². The fourth-order valence-electron chi connectivity index (χ4n) is 3.46. The minimum absolute atomic E-state index is 0.00902. The van der Waals surface area contributed by atoms with Crippen molar-refractivity contribution in [2.24, 2.45) is 10.8 Å². The molecule has 9 N–H and O–H groups in total. The Labute approximate surface area is 217 Å². The Hall–Kier alpha value is -2.62. The van der Waals surface area contributed by atoms with E-state index in [2.05, 4.69) is 45.0 Å². The van der Waals surface area contributed by atoms with Crippen molar-refractivity contribution >= 4 is 40.4 Å². The van der Waals surface area contributed by atoms with Gasteiger partial charge in [0.15, 0.2) is 5.65 Å². The number of nitrogen functional groups attached to an aromatic ring is 1. The van der Waals surface area contributed by atoms with Gasteiger partial charge in [0, 0.05) is 17.5 Å². The molecule has 24 heteroatoms. The number of phosphoric acid groups is 3. The van der Waals surface area contributed by atoms with Crippen LogP contribution in [0.1, 0.15) is 18.2 Å². The summed E-state index contributed by atoms with van der Waals surface area (Å²) >= 11 is 0. The molecule has 0 aliphatic carbocycles. The average Bonchev–Trinajstić information content (AvgIpc) is 3.35. The number of aromatic amines is 1. The van der Waals surface area contributed by atoms with Crippen molar-refractivity contribution in [2.45, 2.75) is 24.9 Å². The molecule has 1 fully saturated rings. The van der Waals surface area contributed by atoms with Gasteiger partial charge in [-0.1, -0.05) is 17.0 Å². The number of fused-ring (bicyclic) bond motifs is 1. The fraction of sp³-hybridized carbons (Fsp3) is 0.467. The number of ether oxygens (including phenoxy) is 2. The zero-order valence-corrected chi connectivity index (χ0v) is 22.0. The molecular formula is C15H21N8O13P3. The van der Waals surface area contributed by atoms with Crippen LogP contribution < -0.4 is 17.0 Å². The summed E-state index contributed by atoms with van der Waals surface area (Å²) in [5.74, 6) is 5.12. The Morgan fingerprint density at radius 3 is 2.64 bits per heavy atom. The molecule has 21 nitrogen and oxygen atoms in total. The third kappa shape index (κ3) is 8.43. The SMILES string of the molecule is [N-]=[N+]=NCOC1C[C@H](n2cc(C#CCN)c3c(=O)[nH]c(N)nc32)O[C@@H]1COP(=O)(O)OP(=O)(O)OP(=O)(O)O. The molecule has 0 saturated carbocycles. The lowest BCUT2D eigenvalue weighted by Crippen LogP contribution is -2.29. The minimum Gasteiger partial charge on any atom is -0.369 e. The van der Waals surface area contributed by atoms with E-state index in [-0.39, 0.29) is 35.5 Å². The van der Waals surface area contributed by atoms with Gasteiger partial charge in [-0.25, -0.2) is 13.7 Å². The lowest BCUT2D eigenvalue weighted by atomic mass is 10.2. The predicted molar refractivity (Wildman–Crippen MR) is 128 cm³/mol. The first kappa shape index (κ1) is 30.9. The Morgan fingerprint density at radius 2 is 2.00 bits per heavy atom. The maximum atomic E-state index is 12.5. The van der Waals surface area contributed by atoms with Crippen molar-refractivity contribution in [1.29, 1.82) is 0 Å². The maximum Gasteiger partial charge on any atom is 0.490 e. The van der Waals surface area contributed by atoms with Crippen LogP contribution in [0.3, 0.4) is 0 Å². The molecule has 2 aromatic rings. The van der Waals surface area contributed by atoms with Crippen molar-refractivity contribution in [3.63, 3.8) is 0 Å². The second-order valence-electron chi connectivity index (χ2n) is 7.42. The van der Waals surface area contributed by atoms with E-state index in [1.165, 1.54) is 10.8 Å². The largest absolute Gasteiger partial charge is 0.490 e. The number of azide groups is 1. The molecule has 1 aliphatic heterocycles. The van der Waals surface area contributed by atoms with E-state index in [0.717, 1.165) is 0 Å². The van der Waals surface area contributed by atoms with Gasteiger partial charge in [0.05, 0.1) is 30.2 Å². The normalized spacial score (nSPS) is 22.4. The average molecular weight is 614 g/mol. The van der Waals surface area contributed by atoms with E-state index >= 15 is 0 Å². The van der Waals surface area contributed by atoms with Crippen LogP contribution in [0.5, 0.6) is 0 Å². The van der Waals surface area contributed by atoms with Gasteiger partial charge in [-0.15, -0.1) is 0 Å². The Bertz CT molecular complexity index is 1540. The second-order valence-corrected chi connectivity index (χ2v) is 11.8. The molecule has 2 aromatic heterocycles. The van der Waals surface area contributed by atoms with Crippen LogP contribution in [0.4, 0.5) is 5.95 Å². The Morgan fingerprint density at radius 1 is 1.28 bits per heavy atom. The molecule has 39 heavy (non-hydrogen) atoms. The van der Waals surface area contributed by atoms with Gasteiger partial charge >= 0.3 is 23.5 Å².